The van der Waals surface area contributed by atoms with Crippen molar-refractivity contribution in [3.8, 4) is 23.3 Å². The number of ether oxygens (including phenoxy) is 2. The third kappa shape index (κ3) is 3.94. The zero-order valence-corrected chi connectivity index (χ0v) is 25.2. The number of amides is 2. The van der Waals surface area contributed by atoms with Gasteiger partial charge in [-0.25, -0.2) is 9.97 Å². The highest BCUT2D eigenvalue weighted by Gasteiger charge is 2.64. The zero-order chi connectivity index (χ0) is 30.1. The van der Waals surface area contributed by atoms with E-state index in [4.69, 9.17) is 37.7 Å². The van der Waals surface area contributed by atoms with Gasteiger partial charge in [-0.05, 0) is 52.8 Å². The van der Waals surface area contributed by atoms with E-state index in [1.54, 1.807) is 37.4 Å². The van der Waals surface area contributed by atoms with Gasteiger partial charge < -0.3 is 19.4 Å². The maximum Gasteiger partial charge on any atom is 0.319 e. The number of hydrogen-bond donors (Lipinski definition) is 1. The number of carbonyl (C=O) groups is 2. The van der Waals surface area contributed by atoms with Crippen LogP contribution >= 0.6 is 23.2 Å². The molecule has 11 nitrogen and oxygen atoms in total. The molecule has 0 unspecified atom stereocenters. The molecule has 2 aliphatic rings. The third-order valence-electron chi connectivity index (χ3n) is 7.23. The minimum Gasteiger partial charge on any atom is -0.480 e. The van der Waals surface area contributed by atoms with Crippen LogP contribution in [-0.2, 0) is 10.3 Å². The summed E-state index contributed by atoms with van der Waals surface area (Å²) < 4.78 is 13.1. The van der Waals surface area contributed by atoms with Crippen LogP contribution < -0.4 is 19.7 Å². The van der Waals surface area contributed by atoms with Crippen LogP contribution in [0.5, 0.6) is 11.9 Å². The summed E-state index contributed by atoms with van der Waals surface area (Å²) in [7, 11) is 1.48. The van der Waals surface area contributed by atoms with E-state index < -0.39 is 17.4 Å². The molecule has 0 radical (unpaired) electrons. The molecule has 1 aromatic carbocycles. The Hall–Kier alpha value is -4.22. The number of methoxy groups -OCH3 is 1. The van der Waals surface area contributed by atoms with Crippen molar-refractivity contribution in [1.82, 2.24) is 24.5 Å². The Morgan fingerprint density at radius 1 is 1.00 bits per heavy atom. The van der Waals surface area contributed by atoms with E-state index >= 15 is 0 Å². The number of carbonyl (C=O) groups excluding carboxylic acids is 2. The fourth-order valence-corrected chi connectivity index (χ4v) is 5.98. The van der Waals surface area contributed by atoms with E-state index in [0.29, 0.717) is 49.8 Å². The number of hydrogen-bond acceptors (Lipinski definition) is 8. The average Bonchev–Trinajstić information content (AvgIpc) is 3.53. The largest absolute Gasteiger partial charge is 0.480 e. The molecule has 4 aromatic rings. The molecular formula is C29H27Cl2N7O4. The molecule has 5 heterocycles. The second kappa shape index (κ2) is 9.95. The molecule has 42 heavy (non-hydrogen) atoms. The van der Waals surface area contributed by atoms with E-state index in [9.17, 15) is 9.59 Å². The van der Waals surface area contributed by atoms with Gasteiger partial charge in [-0.1, -0.05) is 29.3 Å². The second-order valence-electron chi connectivity index (χ2n) is 10.6. The van der Waals surface area contributed by atoms with Crippen molar-refractivity contribution in [3.63, 3.8) is 0 Å². The van der Waals surface area contributed by atoms with Gasteiger partial charge in [0.2, 0.25) is 5.88 Å². The quantitative estimate of drug-likeness (QED) is 0.301. The molecule has 216 valence electrons. The Morgan fingerprint density at radius 3 is 2.45 bits per heavy atom. The van der Waals surface area contributed by atoms with Crippen LogP contribution in [0, 0.1) is 6.92 Å². The SMILES string of the molecule is COc1nc(OC(C)C)ncc1-c1nc2c(n1C(C)C)[C@]1(C(=O)Nc3cc(Cl)ccc31)N(c1cc(Cl)cnc1C)C2=O. The van der Waals surface area contributed by atoms with Crippen LogP contribution in [0.25, 0.3) is 11.4 Å². The standard InChI is InChI=1S/C29H27Cl2N7O4/c1-13(2)37-23-22(35-24(37)18-12-33-28(42-14(3)4)36-25(18)41-6)26(39)38(21-10-17(31)11-32-15(21)5)29(23)19-8-7-16(30)9-20(19)34-27(29)40/h7-14H,1-6H3,(H,34,40)/t29-/m1/s1. The summed E-state index contributed by atoms with van der Waals surface area (Å²) in [6, 6.07) is 6.60. The topological polar surface area (TPSA) is 124 Å². The van der Waals surface area contributed by atoms with E-state index in [0.717, 1.165) is 0 Å². The van der Waals surface area contributed by atoms with Crippen LogP contribution in [-0.4, -0.2) is 49.5 Å². The van der Waals surface area contributed by atoms with Crippen molar-refractivity contribution in [2.24, 2.45) is 0 Å². The van der Waals surface area contributed by atoms with Crippen LogP contribution in [0.1, 0.15) is 61.2 Å². The Bertz CT molecular complexity index is 1790. The first-order chi connectivity index (χ1) is 20.0. The lowest BCUT2D eigenvalue weighted by Gasteiger charge is -2.36. The van der Waals surface area contributed by atoms with Crippen LogP contribution in [0.3, 0.4) is 0 Å². The van der Waals surface area contributed by atoms with E-state index in [-0.39, 0.29) is 29.7 Å². The monoisotopic (exact) mass is 607 g/mol. The lowest BCUT2D eigenvalue weighted by molar-refractivity contribution is -0.119. The molecule has 1 spiro atoms. The molecule has 0 fully saturated rings. The minimum absolute atomic E-state index is 0.0978. The normalized spacial score (nSPS) is 17.3. The first-order valence-electron chi connectivity index (χ1n) is 13.3. The molecule has 0 saturated carbocycles. The fraction of sp³-hybridized carbons (Fsp3) is 0.310. The van der Waals surface area contributed by atoms with Crippen molar-refractivity contribution in [3.05, 3.63) is 69.3 Å². The van der Waals surface area contributed by atoms with Gasteiger partial charge >= 0.3 is 6.01 Å². The molecule has 0 aliphatic carbocycles. The highest BCUT2D eigenvalue weighted by atomic mass is 35.5. The summed E-state index contributed by atoms with van der Waals surface area (Å²) >= 11 is 12.7. The lowest BCUT2D eigenvalue weighted by atomic mass is 9.87. The smallest absolute Gasteiger partial charge is 0.319 e. The number of nitrogens with one attached hydrogen (secondary N) is 1. The minimum atomic E-state index is -1.65. The van der Waals surface area contributed by atoms with Crippen LogP contribution in [0.4, 0.5) is 11.4 Å². The van der Waals surface area contributed by atoms with Gasteiger partial charge in [0.25, 0.3) is 11.8 Å². The van der Waals surface area contributed by atoms with Crippen molar-refractivity contribution in [2.75, 3.05) is 17.3 Å². The van der Waals surface area contributed by atoms with E-state index in [1.807, 2.05) is 32.3 Å². The summed E-state index contributed by atoms with van der Waals surface area (Å²) in [6.07, 6.45) is 2.89. The number of benzene rings is 1. The number of fused-ring (bicyclic) bond motifs is 4. The average molecular weight is 608 g/mol. The highest BCUT2D eigenvalue weighted by Crippen LogP contribution is 2.55. The van der Waals surface area contributed by atoms with Gasteiger partial charge in [0.05, 0.1) is 40.9 Å². The predicted molar refractivity (Wildman–Crippen MR) is 158 cm³/mol. The van der Waals surface area contributed by atoms with Crippen molar-refractivity contribution in [2.45, 2.75) is 52.3 Å². The number of imidazole rings is 1. The molecule has 2 amide bonds. The molecule has 6 rings (SSSR count). The van der Waals surface area contributed by atoms with Gasteiger partial charge in [0.15, 0.2) is 11.2 Å². The van der Waals surface area contributed by atoms with Gasteiger partial charge in [-0.2, -0.15) is 4.98 Å². The number of rotatable bonds is 6. The molecule has 13 heteroatoms. The maximum atomic E-state index is 14.5. The first kappa shape index (κ1) is 27.9. The Morgan fingerprint density at radius 2 is 1.76 bits per heavy atom. The van der Waals surface area contributed by atoms with E-state index in [2.05, 4.69) is 20.3 Å². The molecular weight excluding hydrogens is 581 g/mol. The number of halogens is 2. The number of anilines is 2. The molecule has 1 N–H and O–H groups in total. The maximum absolute atomic E-state index is 14.5. The summed E-state index contributed by atoms with van der Waals surface area (Å²) in [6.45, 7) is 9.37. The number of aryl methyl sites for hydroxylation is 1. The first-order valence-corrected chi connectivity index (χ1v) is 14.0. The number of aromatic nitrogens is 5. The van der Waals surface area contributed by atoms with Crippen LogP contribution in [0.15, 0.2) is 36.7 Å². The Kier molecular flexibility index (Phi) is 6.62. The summed E-state index contributed by atoms with van der Waals surface area (Å²) in [4.78, 5) is 48.3. The van der Waals surface area contributed by atoms with Crippen molar-refractivity contribution >= 4 is 46.4 Å². The Balaban J connectivity index is 1.68. The number of nitrogens with zero attached hydrogens (tertiary/aromatic N) is 6. The zero-order valence-electron chi connectivity index (χ0n) is 23.7. The molecule has 2 aliphatic heterocycles. The lowest BCUT2D eigenvalue weighted by Crippen LogP contribution is -2.51. The van der Waals surface area contributed by atoms with Crippen LogP contribution in [0.2, 0.25) is 10.0 Å². The molecule has 3 aromatic heterocycles. The van der Waals surface area contributed by atoms with E-state index in [1.165, 1.54) is 18.2 Å². The van der Waals surface area contributed by atoms with Gasteiger partial charge in [0, 0.05) is 34.7 Å². The van der Waals surface area contributed by atoms with Gasteiger partial charge in [-0.3, -0.25) is 19.5 Å². The third-order valence-corrected chi connectivity index (χ3v) is 7.68. The van der Waals surface area contributed by atoms with Gasteiger partial charge in [0.1, 0.15) is 5.82 Å². The predicted octanol–water partition coefficient (Wildman–Crippen LogP) is 5.58. The molecule has 1 atom stereocenters. The Labute approximate surface area is 251 Å². The molecule has 0 bridgehead atoms. The number of pyridine rings is 1. The second-order valence-corrected chi connectivity index (χ2v) is 11.5. The van der Waals surface area contributed by atoms with Gasteiger partial charge in [-0.15, -0.1) is 0 Å². The summed E-state index contributed by atoms with van der Waals surface area (Å²) in [5, 5.41) is 3.70. The fourth-order valence-electron chi connectivity index (χ4n) is 5.65. The summed E-state index contributed by atoms with van der Waals surface area (Å²) in [5.41, 5.74) is 1.20. The summed E-state index contributed by atoms with van der Waals surface area (Å²) in [5.74, 6) is -0.354. The van der Waals surface area contributed by atoms with Crippen molar-refractivity contribution < 1.29 is 19.1 Å². The van der Waals surface area contributed by atoms with Crippen molar-refractivity contribution in [1.29, 1.82) is 0 Å². The highest BCUT2D eigenvalue weighted by molar-refractivity contribution is 6.32. The molecule has 0 saturated heterocycles.